The molecule has 1 aromatic carbocycles. The molecule has 0 saturated carbocycles. The Morgan fingerprint density at radius 1 is 1.17 bits per heavy atom. The maximum absolute atomic E-state index is 12.4. The fraction of sp³-hybridized carbons (Fsp3) is 0.158. The van der Waals surface area contributed by atoms with E-state index in [1.54, 1.807) is 6.92 Å². The molecule has 0 unspecified atom stereocenters. The highest BCUT2D eigenvalue weighted by molar-refractivity contribution is 7.63. The number of carbonyl (C=O) groups excluding carboxylic acids is 1. The van der Waals surface area contributed by atoms with Gasteiger partial charge < -0.3 is 28.7 Å². The van der Waals surface area contributed by atoms with E-state index in [-0.39, 0.29) is 5.97 Å². The molecule has 0 aliphatic rings. The van der Waals surface area contributed by atoms with Crippen LogP contribution < -0.4 is 4.57 Å². The van der Waals surface area contributed by atoms with Crippen LogP contribution in [0.5, 0.6) is 0 Å². The molecule has 0 aliphatic heterocycles. The number of rotatable bonds is 4. The van der Waals surface area contributed by atoms with Gasteiger partial charge in [-0.25, -0.2) is 4.79 Å². The van der Waals surface area contributed by atoms with Gasteiger partial charge in [0, 0.05) is 17.0 Å². The van der Waals surface area contributed by atoms with E-state index in [2.05, 4.69) is 0 Å². The molecule has 0 amide bonds. The lowest BCUT2D eigenvalue weighted by Crippen LogP contribution is -2.30. The third-order valence-corrected chi connectivity index (χ3v) is 5.03. The average Bonchev–Trinajstić information content (AvgIpc) is 2.94. The van der Waals surface area contributed by atoms with Crippen LogP contribution in [0.2, 0.25) is 0 Å². The van der Waals surface area contributed by atoms with Gasteiger partial charge in [0.1, 0.15) is 0 Å². The quantitative estimate of drug-likeness (QED) is 0.401. The van der Waals surface area contributed by atoms with Crippen LogP contribution in [0.3, 0.4) is 0 Å². The smallest absolute Gasteiger partial charge is 0.329 e. The first-order chi connectivity index (χ1) is 11.6. The SMILES string of the molecule is CCOC(=O)c1sc([S-])c(-[n+]2ccc(C)cc2)c1-c1ccccc1. The zero-order chi connectivity index (χ0) is 17.1. The van der Waals surface area contributed by atoms with E-state index in [0.717, 1.165) is 16.8 Å². The molecule has 0 spiro atoms. The molecular formula is C19H17NO2S2. The van der Waals surface area contributed by atoms with Gasteiger partial charge in [-0.05, 0) is 29.2 Å². The number of carbonyl (C=O) groups is 1. The number of thiophene rings is 1. The van der Waals surface area contributed by atoms with Gasteiger partial charge in [0.15, 0.2) is 12.4 Å². The summed E-state index contributed by atoms with van der Waals surface area (Å²) in [7, 11) is 0. The van der Waals surface area contributed by atoms with Crippen molar-refractivity contribution in [3.05, 3.63) is 65.3 Å². The fourth-order valence-corrected chi connectivity index (χ4v) is 3.91. The highest BCUT2D eigenvalue weighted by atomic mass is 32.2. The highest BCUT2D eigenvalue weighted by Gasteiger charge is 2.23. The molecule has 3 aromatic rings. The second-order valence-electron chi connectivity index (χ2n) is 5.31. The number of ether oxygens (including phenoxy) is 1. The van der Waals surface area contributed by atoms with Crippen LogP contribution >= 0.6 is 11.3 Å². The van der Waals surface area contributed by atoms with Gasteiger partial charge in [0.05, 0.1) is 12.2 Å². The molecule has 0 radical (unpaired) electrons. The molecule has 0 saturated heterocycles. The molecule has 24 heavy (non-hydrogen) atoms. The van der Waals surface area contributed by atoms with Gasteiger partial charge >= 0.3 is 5.97 Å². The summed E-state index contributed by atoms with van der Waals surface area (Å²) in [6.07, 6.45) is 3.93. The molecule has 5 heteroatoms. The molecule has 0 fully saturated rings. The largest absolute Gasteiger partial charge is 0.463 e. The minimum absolute atomic E-state index is 0.327. The van der Waals surface area contributed by atoms with E-state index in [1.165, 1.54) is 16.9 Å². The molecule has 3 rings (SSSR count). The van der Waals surface area contributed by atoms with Crippen molar-refractivity contribution in [2.45, 2.75) is 18.1 Å². The molecule has 0 aliphatic carbocycles. The zero-order valence-corrected chi connectivity index (χ0v) is 15.1. The van der Waals surface area contributed by atoms with Crippen molar-refractivity contribution >= 4 is 29.9 Å². The summed E-state index contributed by atoms with van der Waals surface area (Å²) in [6.45, 7) is 4.18. The Kier molecular flexibility index (Phi) is 4.92. The molecule has 2 aromatic heterocycles. The van der Waals surface area contributed by atoms with Gasteiger partial charge in [0.2, 0.25) is 5.69 Å². The lowest BCUT2D eigenvalue weighted by atomic mass is 10.0. The Morgan fingerprint density at radius 3 is 2.46 bits per heavy atom. The van der Waals surface area contributed by atoms with E-state index in [0.29, 0.717) is 15.7 Å². The van der Waals surface area contributed by atoms with Crippen molar-refractivity contribution in [2.24, 2.45) is 0 Å². The van der Waals surface area contributed by atoms with Crippen molar-refractivity contribution in [3.63, 3.8) is 0 Å². The minimum Gasteiger partial charge on any atom is -0.463 e. The highest BCUT2D eigenvalue weighted by Crippen LogP contribution is 2.37. The summed E-state index contributed by atoms with van der Waals surface area (Å²) in [5.41, 5.74) is 3.80. The van der Waals surface area contributed by atoms with E-state index in [1.807, 2.05) is 66.3 Å². The Bertz CT molecular complexity index is 855. The van der Waals surface area contributed by atoms with Crippen molar-refractivity contribution in [3.8, 4) is 16.8 Å². The molecule has 0 atom stereocenters. The summed E-state index contributed by atoms with van der Waals surface area (Å²) in [4.78, 5) is 13.0. The Labute approximate surface area is 151 Å². The van der Waals surface area contributed by atoms with Crippen LogP contribution in [0.4, 0.5) is 0 Å². The van der Waals surface area contributed by atoms with Crippen molar-refractivity contribution in [1.29, 1.82) is 0 Å². The van der Waals surface area contributed by atoms with Crippen molar-refractivity contribution in [2.75, 3.05) is 6.61 Å². The maximum atomic E-state index is 12.4. The van der Waals surface area contributed by atoms with Crippen LogP contribution in [-0.2, 0) is 17.4 Å². The number of aromatic nitrogens is 1. The minimum atomic E-state index is -0.327. The van der Waals surface area contributed by atoms with Gasteiger partial charge in [-0.2, -0.15) is 4.57 Å². The summed E-state index contributed by atoms with van der Waals surface area (Å²) in [5, 5.41) is 0. The summed E-state index contributed by atoms with van der Waals surface area (Å²) >= 11 is 6.87. The lowest BCUT2D eigenvalue weighted by molar-refractivity contribution is -0.597. The van der Waals surface area contributed by atoms with E-state index in [4.69, 9.17) is 17.4 Å². The first-order valence-corrected chi connectivity index (χ1v) is 8.89. The van der Waals surface area contributed by atoms with Gasteiger partial charge in [0.25, 0.3) is 0 Å². The Hall–Kier alpha value is -2.24. The number of hydrogen-bond donors (Lipinski definition) is 0. The fourth-order valence-electron chi connectivity index (χ4n) is 2.50. The second kappa shape index (κ2) is 7.11. The van der Waals surface area contributed by atoms with E-state index >= 15 is 0 Å². The lowest BCUT2D eigenvalue weighted by Gasteiger charge is -2.07. The van der Waals surface area contributed by atoms with Crippen LogP contribution in [0.15, 0.2) is 59.1 Å². The standard InChI is InChI=1S/C19H17NO2S2/c1-3-22-18(21)17-15(14-7-5-4-6-8-14)16(19(23)24-17)20-11-9-13(2)10-12-20/h4-12H,3H2,1-2H3. The number of pyridine rings is 1. The average molecular weight is 355 g/mol. The molecule has 0 bridgehead atoms. The Balaban J connectivity index is 2.25. The number of aryl methyl sites for hydroxylation is 1. The third kappa shape index (κ3) is 3.18. The number of hydrogen-bond acceptors (Lipinski definition) is 4. The van der Waals surface area contributed by atoms with Crippen molar-refractivity contribution in [1.82, 2.24) is 0 Å². The van der Waals surface area contributed by atoms with E-state index in [9.17, 15) is 4.79 Å². The third-order valence-electron chi connectivity index (χ3n) is 3.63. The maximum Gasteiger partial charge on any atom is 0.329 e. The Morgan fingerprint density at radius 2 is 1.83 bits per heavy atom. The topological polar surface area (TPSA) is 30.2 Å². The number of esters is 1. The molecule has 2 heterocycles. The van der Waals surface area contributed by atoms with Crippen molar-refractivity contribution < 1.29 is 14.1 Å². The van der Waals surface area contributed by atoms with E-state index < -0.39 is 0 Å². The number of nitrogens with zero attached hydrogens (tertiary/aromatic N) is 1. The predicted molar refractivity (Wildman–Crippen MR) is 97.6 cm³/mol. The molecular weight excluding hydrogens is 338 g/mol. The predicted octanol–water partition coefficient (Wildman–Crippen LogP) is 4.08. The molecule has 3 nitrogen and oxygen atoms in total. The second-order valence-corrected chi connectivity index (χ2v) is 7.00. The van der Waals surface area contributed by atoms with Gasteiger partial charge in [-0.3, -0.25) is 0 Å². The summed E-state index contributed by atoms with van der Waals surface area (Å²) in [5.74, 6) is -0.327. The first-order valence-electron chi connectivity index (χ1n) is 7.66. The summed E-state index contributed by atoms with van der Waals surface area (Å²) < 4.78 is 7.87. The van der Waals surface area contributed by atoms with Crippen LogP contribution in [0.1, 0.15) is 22.2 Å². The molecule has 0 N–H and O–H groups in total. The molecule has 122 valence electrons. The first kappa shape index (κ1) is 16.6. The van der Waals surface area contributed by atoms with Crippen LogP contribution in [-0.4, -0.2) is 12.6 Å². The van der Waals surface area contributed by atoms with Crippen LogP contribution in [0, 0.1) is 6.92 Å². The monoisotopic (exact) mass is 355 g/mol. The number of benzene rings is 1. The zero-order valence-electron chi connectivity index (χ0n) is 13.5. The van der Waals surface area contributed by atoms with Crippen LogP contribution in [0.25, 0.3) is 16.8 Å². The normalized spacial score (nSPS) is 10.6. The van der Waals surface area contributed by atoms with Gasteiger partial charge in [-0.1, -0.05) is 30.3 Å². The van der Waals surface area contributed by atoms with Gasteiger partial charge in [-0.15, -0.1) is 0 Å². The summed E-state index contributed by atoms with van der Waals surface area (Å²) in [6, 6.07) is 13.9.